The van der Waals surface area contributed by atoms with Crippen molar-refractivity contribution in [1.29, 1.82) is 0 Å². The summed E-state index contributed by atoms with van der Waals surface area (Å²) in [5.74, 6) is -0.129. The van der Waals surface area contributed by atoms with Gasteiger partial charge in [0.2, 0.25) is 0 Å². The minimum Gasteiger partial charge on any atom is -0.321 e. The number of hydrogen-bond acceptors (Lipinski definition) is 4. The molecule has 2 heterocycles. The number of carbonyl (C=O) groups excluding carboxylic acids is 1. The maximum Gasteiger partial charge on any atom is 0.267 e. The molecule has 0 atom stereocenters. The fourth-order valence-electron chi connectivity index (χ4n) is 2.75. The van der Waals surface area contributed by atoms with Crippen molar-refractivity contribution in [2.75, 3.05) is 5.32 Å². The van der Waals surface area contributed by atoms with Gasteiger partial charge in [-0.1, -0.05) is 30.3 Å². The van der Waals surface area contributed by atoms with Crippen molar-refractivity contribution in [3.05, 3.63) is 76.4 Å². The Morgan fingerprint density at radius 1 is 1.20 bits per heavy atom. The van der Waals surface area contributed by atoms with Crippen molar-refractivity contribution in [1.82, 2.24) is 14.8 Å². The predicted molar refractivity (Wildman–Crippen MR) is 100 cm³/mol. The minimum absolute atomic E-state index is 0.129. The number of benzene rings is 2. The van der Waals surface area contributed by atoms with Gasteiger partial charge in [0, 0.05) is 11.1 Å². The number of aromatic nitrogens is 3. The molecule has 0 saturated heterocycles. The Morgan fingerprint density at radius 3 is 2.80 bits per heavy atom. The average molecular weight is 348 g/mol. The third kappa shape index (κ3) is 3.16. The van der Waals surface area contributed by atoms with Crippen LogP contribution in [0.3, 0.4) is 0 Å². The highest BCUT2D eigenvalue weighted by Crippen LogP contribution is 2.21. The molecule has 0 radical (unpaired) electrons. The molecule has 0 unspecified atom stereocenters. The maximum absolute atomic E-state index is 12.3. The van der Waals surface area contributed by atoms with E-state index in [9.17, 15) is 4.79 Å². The molecule has 4 rings (SSSR count). The topological polar surface area (TPSA) is 59.8 Å². The van der Waals surface area contributed by atoms with Gasteiger partial charge in [-0.15, -0.1) is 11.3 Å². The van der Waals surface area contributed by atoms with Crippen LogP contribution in [0.2, 0.25) is 0 Å². The van der Waals surface area contributed by atoms with Crippen LogP contribution in [0.4, 0.5) is 5.69 Å². The van der Waals surface area contributed by atoms with E-state index in [1.165, 1.54) is 16.9 Å². The minimum atomic E-state index is -0.129. The number of nitrogens with one attached hydrogen (secondary N) is 1. The summed E-state index contributed by atoms with van der Waals surface area (Å²) in [6.45, 7) is 2.55. The van der Waals surface area contributed by atoms with E-state index in [1.807, 2.05) is 54.2 Å². The highest BCUT2D eigenvalue weighted by atomic mass is 32.1. The molecule has 0 aliphatic carbocycles. The number of amides is 1. The first-order valence-electron chi connectivity index (χ1n) is 7.91. The molecule has 0 spiro atoms. The van der Waals surface area contributed by atoms with Gasteiger partial charge in [-0.2, -0.15) is 5.10 Å². The molecule has 0 aliphatic rings. The van der Waals surface area contributed by atoms with Gasteiger partial charge < -0.3 is 5.32 Å². The first kappa shape index (κ1) is 15.5. The van der Waals surface area contributed by atoms with Crippen LogP contribution in [0, 0.1) is 6.92 Å². The quantitative estimate of drug-likeness (QED) is 0.604. The lowest BCUT2D eigenvalue weighted by molar-refractivity contribution is 0.103. The molecule has 0 aliphatic heterocycles. The summed E-state index contributed by atoms with van der Waals surface area (Å²) < 4.78 is 1.96. The van der Waals surface area contributed by atoms with E-state index in [4.69, 9.17) is 0 Å². The van der Waals surface area contributed by atoms with E-state index in [2.05, 4.69) is 27.5 Å². The van der Waals surface area contributed by atoms with Gasteiger partial charge in [-0.3, -0.25) is 9.48 Å². The summed E-state index contributed by atoms with van der Waals surface area (Å²) in [4.78, 5) is 17.1. The lowest BCUT2D eigenvalue weighted by Gasteiger charge is -2.06. The smallest absolute Gasteiger partial charge is 0.267 e. The van der Waals surface area contributed by atoms with E-state index >= 15 is 0 Å². The van der Waals surface area contributed by atoms with Crippen LogP contribution in [-0.2, 0) is 6.54 Å². The summed E-state index contributed by atoms with van der Waals surface area (Å²) in [6.07, 6.45) is 1.83. The van der Waals surface area contributed by atoms with Crippen molar-refractivity contribution in [2.45, 2.75) is 13.5 Å². The number of rotatable bonds is 4. The van der Waals surface area contributed by atoms with Gasteiger partial charge in [0.05, 0.1) is 29.5 Å². The molecule has 4 aromatic rings. The van der Waals surface area contributed by atoms with Crippen molar-refractivity contribution in [2.24, 2.45) is 0 Å². The van der Waals surface area contributed by atoms with Crippen LogP contribution in [0.25, 0.3) is 10.9 Å². The Kier molecular flexibility index (Phi) is 4.03. The SMILES string of the molecule is Cc1ncsc1C(=O)Nc1ccc2c(cnn2Cc2ccccc2)c1. The Morgan fingerprint density at radius 2 is 2.04 bits per heavy atom. The zero-order valence-electron chi connectivity index (χ0n) is 13.6. The molecule has 6 heteroatoms. The van der Waals surface area contributed by atoms with E-state index < -0.39 is 0 Å². The molecule has 5 nitrogen and oxygen atoms in total. The number of hydrogen-bond donors (Lipinski definition) is 1. The van der Waals surface area contributed by atoms with Gasteiger partial charge in [0.25, 0.3) is 5.91 Å². The molecule has 0 fully saturated rings. The Labute approximate surface area is 149 Å². The highest BCUT2D eigenvalue weighted by Gasteiger charge is 2.12. The van der Waals surface area contributed by atoms with Gasteiger partial charge >= 0.3 is 0 Å². The van der Waals surface area contributed by atoms with Gasteiger partial charge in [-0.05, 0) is 30.7 Å². The normalized spacial score (nSPS) is 10.9. The average Bonchev–Trinajstić information content (AvgIpc) is 3.22. The Balaban J connectivity index is 1.57. The standard InChI is InChI=1S/C19H16N4OS/c1-13-18(25-12-20-13)19(24)22-16-7-8-17-15(9-16)10-21-23(17)11-14-5-3-2-4-6-14/h2-10,12H,11H2,1H3,(H,22,24). The van der Waals surface area contributed by atoms with Gasteiger partial charge in [0.15, 0.2) is 0 Å². The van der Waals surface area contributed by atoms with E-state index in [0.717, 1.165) is 28.8 Å². The summed E-state index contributed by atoms with van der Waals surface area (Å²) in [7, 11) is 0. The van der Waals surface area contributed by atoms with Crippen LogP contribution < -0.4 is 5.32 Å². The Hall–Kier alpha value is -2.99. The van der Waals surface area contributed by atoms with Crippen LogP contribution >= 0.6 is 11.3 Å². The first-order valence-corrected chi connectivity index (χ1v) is 8.79. The molecule has 1 amide bonds. The van der Waals surface area contributed by atoms with Crippen LogP contribution in [0.15, 0.2) is 60.2 Å². The lowest BCUT2D eigenvalue weighted by Crippen LogP contribution is -2.11. The van der Waals surface area contributed by atoms with Crippen molar-refractivity contribution < 1.29 is 4.79 Å². The summed E-state index contributed by atoms with van der Waals surface area (Å²) in [5, 5.41) is 8.40. The van der Waals surface area contributed by atoms with Crippen LogP contribution in [0.1, 0.15) is 20.9 Å². The second-order valence-corrected chi connectivity index (χ2v) is 6.64. The van der Waals surface area contributed by atoms with Crippen molar-refractivity contribution >= 4 is 33.8 Å². The highest BCUT2D eigenvalue weighted by molar-refractivity contribution is 7.12. The second-order valence-electron chi connectivity index (χ2n) is 5.78. The zero-order valence-corrected chi connectivity index (χ0v) is 14.5. The maximum atomic E-state index is 12.3. The molecule has 2 aromatic heterocycles. The number of fused-ring (bicyclic) bond motifs is 1. The molecule has 124 valence electrons. The van der Waals surface area contributed by atoms with Crippen LogP contribution in [0.5, 0.6) is 0 Å². The molecule has 0 bridgehead atoms. The summed E-state index contributed by atoms with van der Waals surface area (Å²) in [6, 6.07) is 16.0. The monoisotopic (exact) mass is 348 g/mol. The van der Waals surface area contributed by atoms with Crippen molar-refractivity contribution in [3.8, 4) is 0 Å². The number of aryl methyl sites for hydroxylation is 1. The molecular weight excluding hydrogens is 332 g/mol. The zero-order chi connectivity index (χ0) is 17.2. The number of nitrogens with zero attached hydrogens (tertiary/aromatic N) is 3. The number of anilines is 1. The van der Waals surface area contributed by atoms with E-state index in [1.54, 1.807) is 5.51 Å². The molecule has 25 heavy (non-hydrogen) atoms. The fourth-order valence-corrected chi connectivity index (χ4v) is 3.45. The summed E-state index contributed by atoms with van der Waals surface area (Å²) >= 11 is 1.35. The molecule has 2 aromatic carbocycles. The van der Waals surface area contributed by atoms with E-state index in [0.29, 0.717) is 4.88 Å². The largest absolute Gasteiger partial charge is 0.321 e. The number of carbonyl (C=O) groups is 1. The third-order valence-electron chi connectivity index (χ3n) is 4.03. The van der Waals surface area contributed by atoms with Crippen molar-refractivity contribution in [3.63, 3.8) is 0 Å². The van der Waals surface area contributed by atoms with Crippen LogP contribution in [-0.4, -0.2) is 20.7 Å². The molecule has 1 N–H and O–H groups in total. The van der Waals surface area contributed by atoms with Gasteiger partial charge in [0.1, 0.15) is 4.88 Å². The Bertz CT molecular complexity index is 1040. The lowest BCUT2D eigenvalue weighted by atomic mass is 10.2. The number of thiazole rings is 1. The molecule has 0 saturated carbocycles. The third-order valence-corrected chi connectivity index (χ3v) is 4.95. The first-order chi connectivity index (χ1) is 12.2. The molecular formula is C19H16N4OS. The summed E-state index contributed by atoms with van der Waals surface area (Å²) in [5.41, 5.74) is 5.42. The second kappa shape index (κ2) is 6.49. The van der Waals surface area contributed by atoms with E-state index in [-0.39, 0.29) is 5.91 Å². The predicted octanol–water partition coefficient (Wildman–Crippen LogP) is 4.10. The van der Waals surface area contributed by atoms with Gasteiger partial charge in [-0.25, -0.2) is 4.98 Å². The fraction of sp³-hybridized carbons (Fsp3) is 0.105.